The zero-order valence-electron chi connectivity index (χ0n) is 12.9. The van der Waals surface area contributed by atoms with Gasteiger partial charge in [0.15, 0.2) is 0 Å². The third kappa shape index (κ3) is 3.35. The SMILES string of the molecule is CC1(C)S[C@@H]2[C@H](NC(=O)Cc3ccccc3)C(=O)N2[C@H]1C(=O)O.[NaH]. The molecule has 0 aliphatic carbocycles. The maximum atomic E-state index is 12.3. The van der Waals surface area contributed by atoms with Gasteiger partial charge in [0.25, 0.3) is 0 Å². The van der Waals surface area contributed by atoms with Crippen LogP contribution >= 0.6 is 11.8 Å². The van der Waals surface area contributed by atoms with Crippen LogP contribution in [0, 0.1) is 0 Å². The fraction of sp³-hybridized carbons (Fsp3) is 0.438. The summed E-state index contributed by atoms with van der Waals surface area (Å²) in [5.41, 5.74) is 0.872. The number of hydrogen-bond donors (Lipinski definition) is 2. The number of carboxylic acids is 1. The summed E-state index contributed by atoms with van der Waals surface area (Å²) in [4.78, 5) is 37.2. The van der Waals surface area contributed by atoms with Crippen LogP contribution in [0.25, 0.3) is 0 Å². The molecule has 0 radical (unpaired) electrons. The predicted octanol–water partition coefficient (Wildman–Crippen LogP) is 0.212. The summed E-state index contributed by atoms with van der Waals surface area (Å²) < 4.78 is -0.578. The molecule has 0 spiro atoms. The molecule has 0 aromatic heterocycles. The minimum atomic E-state index is -1.01. The van der Waals surface area contributed by atoms with E-state index in [1.807, 2.05) is 44.2 Å². The first kappa shape index (κ1) is 19.3. The second-order valence-corrected chi connectivity index (χ2v) is 8.08. The zero-order valence-corrected chi connectivity index (χ0v) is 13.7. The Hall–Kier alpha value is -1.02. The van der Waals surface area contributed by atoms with Crippen molar-refractivity contribution in [3.05, 3.63) is 35.9 Å². The van der Waals surface area contributed by atoms with E-state index in [9.17, 15) is 19.5 Å². The van der Waals surface area contributed by atoms with Gasteiger partial charge >= 0.3 is 35.5 Å². The monoisotopic (exact) mass is 358 g/mol. The number of aliphatic carboxylic acids is 1. The van der Waals surface area contributed by atoms with Crippen molar-refractivity contribution in [3.8, 4) is 0 Å². The van der Waals surface area contributed by atoms with Gasteiger partial charge < -0.3 is 15.3 Å². The first-order valence-corrected chi connectivity index (χ1v) is 8.25. The van der Waals surface area contributed by atoms with Crippen LogP contribution in [0.15, 0.2) is 30.3 Å². The molecule has 0 unspecified atom stereocenters. The van der Waals surface area contributed by atoms with E-state index in [-0.39, 0.29) is 53.2 Å². The number of thioether (sulfide) groups is 1. The summed E-state index contributed by atoms with van der Waals surface area (Å²) in [5, 5.41) is 11.8. The van der Waals surface area contributed by atoms with E-state index < -0.39 is 22.8 Å². The van der Waals surface area contributed by atoms with Crippen molar-refractivity contribution in [1.29, 1.82) is 0 Å². The predicted molar refractivity (Wildman–Crippen MR) is 93.0 cm³/mol. The first-order valence-electron chi connectivity index (χ1n) is 7.37. The van der Waals surface area contributed by atoms with Gasteiger partial charge in [-0.15, -0.1) is 11.8 Å². The molecule has 2 fully saturated rings. The van der Waals surface area contributed by atoms with Gasteiger partial charge in [-0.05, 0) is 19.4 Å². The van der Waals surface area contributed by atoms with E-state index in [1.165, 1.54) is 16.7 Å². The topological polar surface area (TPSA) is 86.7 Å². The van der Waals surface area contributed by atoms with Gasteiger partial charge in [-0.3, -0.25) is 9.59 Å². The molecule has 1 aromatic carbocycles. The quantitative estimate of drug-likeness (QED) is 0.594. The standard InChI is InChI=1S/C16H18N2O4S.Na.H/c1-16(2)12(15(21)22)18-13(20)11(14(18)23-16)17-10(19)8-9-6-4-3-5-7-9;;/h3-7,11-12,14H,8H2,1-2H3,(H,17,19)(H,21,22);;/t11-,12+,14-;;/m1../s1. The fourth-order valence-electron chi connectivity index (χ4n) is 3.15. The van der Waals surface area contributed by atoms with E-state index in [0.717, 1.165) is 5.56 Å². The molecule has 2 heterocycles. The summed E-state index contributed by atoms with van der Waals surface area (Å²) in [6.07, 6.45) is 0.202. The number of rotatable bonds is 4. The summed E-state index contributed by atoms with van der Waals surface area (Å²) in [7, 11) is 0. The van der Waals surface area contributed by atoms with Gasteiger partial charge in [-0.2, -0.15) is 0 Å². The summed E-state index contributed by atoms with van der Waals surface area (Å²) in [6, 6.07) is 7.78. The van der Waals surface area contributed by atoms with Crippen LogP contribution in [0.5, 0.6) is 0 Å². The number of amides is 2. The summed E-state index contributed by atoms with van der Waals surface area (Å²) in [6.45, 7) is 3.62. The molecule has 124 valence electrons. The molecule has 8 heteroatoms. The zero-order chi connectivity index (χ0) is 16.8. The summed E-state index contributed by atoms with van der Waals surface area (Å²) >= 11 is 1.42. The van der Waals surface area contributed by atoms with Crippen molar-refractivity contribution in [3.63, 3.8) is 0 Å². The average Bonchev–Trinajstić information content (AvgIpc) is 2.74. The number of carboxylic acid groups (broad SMARTS) is 1. The molecule has 3 rings (SSSR count). The Morgan fingerprint density at radius 1 is 1.29 bits per heavy atom. The molecule has 2 N–H and O–H groups in total. The van der Waals surface area contributed by atoms with Crippen molar-refractivity contribution in [2.24, 2.45) is 0 Å². The van der Waals surface area contributed by atoms with E-state index in [1.54, 1.807) is 0 Å². The second-order valence-electron chi connectivity index (χ2n) is 6.31. The number of fused-ring (bicyclic) bond motifs is 1. The number of hydrogen-bond acceptors (Lipinski definition) is 4. The number of nitrogens with zero attached hydrogens (tertiary/aromatic N) is 1. The van der Waals surface area contributed by atoms with E-state index in [4.69, 9.17) is 0 Å². The summed E-state index contributed by atoms with van der Waals surface area (Å²) in [5.74, 6) is -1.55. The number of nitrogens with one attached hydrogen (secondary N) is 1. The molecular formula is C16H19N2NaO4S. The third-order valence-electron chi connectivity index (χ3n) is 4.20. The van der Waals surface area contributed by atoms with Crippen molar-refractivity contribution in [2.75, 3.05) is 0 Å². The average molecular weight is 358 g/mol. The van der Waals surface area contributed by atoms with E-state index >= 15 is 0 Å². The Balaban J connectivity index is 0.00000208. The van der Waals surface area contributed by atoms with E-state index in [0.29, 0.717) is 0 Å². The molecule has 6 nitrogen and oxygen atoms in total. The molecule has 24 heavy (non-hydrogen) atoms. The van der Waals surface area contributed by atoms with Crippen LogP contribution in [-0.2, 0) is 20.8 Å². The van der Waals surface area contributed by atoms with Gasteiger partial charge in [0, 0.05) is 4.75 Å². The van der Waals surface area contributed by atoms with Crippen LogP contribution in [-0.4, -0.2) is 79.6 Å². The van der Waals surface area contributed by atoms with Crippen LogP contribution in [0.1, 0.15) is 19.4 Å². The van der Waals surface area contributed by atoms with Gasteiger partial charge in [0.05, 0.1) is 6.42 Å². The van der Waals surface area contributed by atoms with Crippen molar-refractivity contribution in [1.82, 2.24) is 10.2 Å². The molecule has 2 aliphatic heterocycles. The normalized spacial score (nSPS) is 26.8. The molecule has 2 aliphatic rings. The fourth-order valence-corrected chi connectivity index (χ4v) is 4.78. The number of β-lactam (4-membered cyclic amide) rings is 1. The maximum absolute atomic E-state index is 12.3. The molecule has 3 atom stereocenters. The Morgan fingerprint density at radius 3 is 2.50 bits per heavy atom. The molecule has 0 bridgehead atoms. The first-order chi connectivity index (χ1) is 10.8. The molecule has 2 amide bonds. The van der Waals surface area contributed by atoms with Gasteiger partial charge in [0.1, 0.15) is 17.5 Å². The number of carbonyl (C=O) groups excluding carboxylic acids is 2. The Labute approximate surface area is 166 Å². The molecular weight excluding hydrogens is 339 g/mol. The Morgan fingerprint density at radius 2 is 1.92 bits per heavy atom. The van der Waals surface area contributed by atoms with Crippen LogP contribution < -0.4 is 5.32 Å². The Kier molecular flexibility index (Phi) is 5.69. The minimum absolute atomic E-state index is 0. The second kappa shape index (κ2) is 7.07. The molecule has 0 saturated carbocycles. The van der Waals surface area contributed by atoms with Crippen molar-refractivity contribution in [2.45, 2.75) is 42.5 Å². The van der Waals surface area contributed by atoms with Crippen LogP contribution in [0.4, 0.5) is 0 Å². The number of carbonyl (C=O) groups is 3. The van der Waals surface area contributed by atoms with E-state index in [2.05, 4.69) is 5.32 Å². The Bertz CT molecular complexity index is 667. The van der Waals surface area contributed by atoms with Crippen molar-refractivity contribution >= 4 is 59.1 Å². The molecule has 1 aromatic rings. The third-order valence-corrected chi connectivity index (χ3v) is 5.77. The van der Waals surface area contributed by atoms with Gasteiger partial charge in [-0.1, -0.05) is 30.3 Å². The van der Waals surface area contributed by atoms with Crippen LogP contribution in [0.3, 0.4) is 0 Å². The van der Waals surface area contributed by atoms with Gasteiger partial charge in [0.2, 0.25) is 11.8 Å². The molecule has 2 saturated heterocycles. The van der Waals surface area contributed by atoms with Crippen LogP contribution in [0.2, 0.25) is 0 Å². The van der Waals surface area contributed by atoms with Crippen molar-refractivity contribution < 1.29 is 19.5 Å². The van der Waals surface area contributed by atoms with Gasteiger partial charge in [-0.25, -0.2) is 4.79 Å². The number of benzene rings is 1.